The molecule has 0 unspecified atom stereocenters. The first-order valence-electron chi connectivity index (χ1n) is 7.29. The molecule has 0 atom stereocenters. The van der Waals surface area contributed by atoms with Gasteiger partial charge >= 0.3 is 0 Å². The molecule has 5 nitrogen and oxygen atoms in total. The molecule has 0 bridgehead atoms. The Morgan fingerprint density at radius 2 is 2.00 bits per heavy atom. The predicted molar refractivity (Wildman–Crippen MR) is 81.2 cm³/mol. The van der Waals surface area contributed by atoms with E-state index in [2.05, 4.69) is 10.3 Å². The molecule has 110 valence electrons. The van der Waals surface area contributed by atoms with Gasteiger partial charge in [-0.15, -0.1) is 0 Å². The van der Waals surface area contributed by atoms with Gasteiger partial charge in [0.1, 0.15) is 5.69 Å². The first-order valence-corrected chi connectivity index (χ1v) is 7.29. The van der Waals surface area contributed by atoms with Crippen molar-refractivity contribution in [2.75, 3.05) is 19.6 Å². The lowest BCUT2D eigenvalue weighted by atomic mass is 10.2. The Hall–Kier alpha value is -2.30. The zero-order valence-electron chi connectivity index (χ0n) is 12.1. The number of hydrogen-bond acceptors (Lipinski definition) is 2. The van der Waals surface area contributed by atoms with Crippen LogP contribution in [0.5, 0.6) is 0 Å². The van der Waals surface area contributed by atoms with Crippen molar-refractivity contribution in [1.29, 1.82) is 0 Å². The number of aromatic amines is 1. The van der Waals surface area contributed by atoms with Gasteiger partial charge in [0.15, 0.2) is 0 Å². The summed E-state index contributed by atoms with van der Waals surface area (Å²) in [6, 6.07) is 7.80. The summed E-state index contributed by atoms with van der Waals surface area (Å²) in [5, 5.41) is 3.70. The standard InChI is InChI=1S/C16H19N3O2/c1-11-4-5-13-12(8-11)9-14(18-13)16(21)17-10-15(20)19-6-2-3-7-19/h4-5,8-9,18H,2-3,6-7,10H2,1H3,(H,17,21). The maximum Gasteiger partial charge on any atom is 0.268 e. The summed E-state index contributed by atoms with van der Waals surface area (Å²) in [7, 11) is 0. The molecule has 2 heterocycles. The Morgan fingerprint density at radius 3 is 2.76 bits per heavy atom. The molecule has 1 aliphatic heterocycles. The third-order valence-corrected chi connectivity index (χ3v) is 3.88. The molecule has 5 heteroatoms. The summed E-state index contributed by atoms with van der Waals surface area (Å²) >= 11 is 0. The van der Waals surface area contributed by atoms with Gasteiger partial charge in [0, 0.05) is 24.0 Å². The van der Waals surface area contributed by atoms with Gasteiger partial charge in [-0.05, 0) is 38.0 Å². The van der Waals surface area contributed by atoms with Gasteiger partial charge in [-0.2, -0.15) is 0 Å². The van der Waals surface area contributed by atoms with Crippen LogP contribution in [0.4, 0.5) is 0 Å². The van der Waals surface area contributed by atoms with Gasteiger partial charge in [-0.1, -0.05) is 11.6 Å². The molecular formula is C16H19N3O2. The molecule has 0 spiro atoms. The van der Waals surface area contributed by atoms with Crippen LogP contribution in [0.1, 0.15) is 28.9 Å². The minimum absolute atomic E-state index is 0.00666. The van der Waals surface area contributed by atoms with E-state index in [0.717, 1.165) is 42.4 Å². The van der Waals surface area contributed by atoms with Crippen LogP contribution in [-0.2, 0) is 4.79 Å². The van der Waals surface area contributed by atoms with Crippen LogP contribution in [0, 0.1) is 6.92 Å². The average Bonchev–Trinajstić information content (AvgIpc) is 3.12. The third-order valence-electron chi connectivity index (χ3n) is 3.88. The van der Waals surface area contributed by atoms with Crippen LogP contribution in [0.15, 0.2) is 24.3 Å². The summed E-state index contributed by atoms with van der Waals surface area (Å²) in [6.07, 6.45) is 2.11. The van der Waals surface area contributed by atoms with E-state index >= 15 is 0 Å². The second-order valence-electron chi connectivity index (χ2n) is 5.54. The highest BCUT2D eigenvalue weighted by atomic mass is 16.2. The zero-order valence-corrected chi connectivity index (χ0v) is 12.1. The lowest BCUT2D eigenvalue weighted by Crippen LogP contribution is -2.38. The van der Waals surface area contributed by atoms with E-state index in [4.69, 9.17) is 0 Å². The van der Waals surface area contributed by atoms with Crippen molar-refractivity contribution in [3.8, 4) is 0 Å². The van der Waals surface area contributed by atoms with Crippen molar-refractivity contribution in [3.05, 3.63) is 35.5 Å². The van der Waals surface area contributed by atoms with E-state index in [1.165, 1.54) is 0 Å². The molecule has 0 aliphatic carbocycles. The van der Waals surface area contributed by atoms with Gasteiger partial charge in [0.05, 0.1) is 6.54 Å². The second-order valence-corrected chi connectivity index (χ2v) is 5.54. The highest BCUT2D eigenvalue weighted by Crippen LogP contribution is 2.16. The molecule has 1 saturated heterocycles. The maximum absolute atomic E-state index is 12.1. The number of hydrogen-bond donors (Lipinski definition) is 2. The van der Waals surface area contributed by atoms with Crippen molar-refractivity contribution in [1.82, 2.24) is 15.2 Å². The Morgan fingerprint density at radius 1 is 1.24 bits per heavy atom. The molecule has 1 fully saturated rings. The van der Waals surface area contributed by atoms with Crippen molar-refractivity contribution >= 4 is 22.7 Å². The fraction of sp³-hybridized carbons (Fsp3) is 0.375. The monoisotopic (exact) mass is 285 g/mol. The molecule has 0 saturated carbocycles. The van der Waals surface area contributed by atoms with Crippen molar-refractivity contribution in [2.24, 2.45) is 0 Å². The van der Waals surface area contributed by atoms with Crippen LogP contribution in [0.25, 0.3) is 10.9 Å². The number of likely N-dealkylation sites (tertiary alicyclic amines) is 1. The summed E-state index contributed by atoms with van der Waals surface area (Å²) < 4.78 is 0. The lowest BCUT2D eigenvalue weighted by Gasteiger charge is -2.15. The molecular weight excluding hydrogens is 266 g/mol. The summed E-state index contributed by atoms with van der Waals surface area (Å²) in [6.45, 7) is 3.69. The molecule has 1 aromatic heterocycles. The number of rotatable bonds is 3. The van der Waals surface area contributed by atoms with E-state index < -0.39 is 0 Å². The highest BCUT2D eigenvalue weighted by molar-refractivity contribution is 5.99. The number of carbonyl (C=O) groups excluding carboxylic acids is 2. The van der Waals surface area contributed by atoms with Crippen LogP contribution >= 0.6 is 0 Å². The number of carbonyl (C=O) groups is 2. The van der Waals surface area contributed by atoms with E-state index in [1.807, 2.05) is 31.2 Å². The normalized spacial score (nSPS) is 14.6. The predicted octanol–water partition coefficient (Wildman–Crippen LogP) is 1.83. The Labute approximate surface area is 123 Å². The molecule has 1 aliphatic rings. The Kier molecular flexibility index (Phi) is 3.64. The first-order chi connectivity index (χ1) is 10.1. The van der Waals surface area contributed by atoms with Gasteiger partial charge in [-0.25, -0.2) is 0 Å². The summed E-state index contributed by atoms with van der Waals surface area (Å²) in [4.78, 5) is 28.9. The lowest BCUT2D eigenvalue weighted by molar-refractivity contribution is -0.129. The van der Waals surface area contributed by atoms with Crippen LogP contribution < -0.4 is 5.32 Å². The molecule has 1 aromatic carbocycles. The summed E-state index contributed by atoms with van der Waals surface area (Å²) in [5.41, 5.74) is 2.57. The molecule has 2 amide bonds. The van der Waals surface area contributed by atoms with Crippen molar-refractivity contribution in [3.63, 3.8) is 0 Å². The number of H-pyrrole nitrogens is 1. The van der Waals surface area contributed by atoms with Crippen molar-refractivity contribution in [2.45, 2.75) is 19.8 Å². The Bertz CT molecular complexity index is 684. The molecule has 2 N–H and O–H groups in total. The molecule has 2 aromatic rings. The number of aryl methyl sites for hydroxylation is 1. The molecule has 0 radical (unpaired) electrons. The Balaban J connectivity index is 1.65. The quantitative estimate of drug-likeness (QED) is 0.903. The minimum Gasteiger partial charge on any atom is -0.351 e. The number of nitrogens with zero attached hydrogens (tertiary/aromatic N) is 1. The zero-order chi connectivity index (χ0) is 14.8. The number of benzene rings is 1. The van der Waals surface area contributed by atoms with Gasteiger partial charge < -0.3 is 15.2 Å². The fourth-order valence-corrected chi connectivity index (χ4v) is 2.70. The van der Waals surface area contributed by atoms with Crippen molar-refractivity contribution < 1.29 is 9.59 Å². The van der Waals surface area contributed by atoms with Crippen LogP contribution in [0.2, 0.25) is 0 Å². The number of amides is 2. The second kappa shape index (κ2) is 5.60. The van der Waals surface area contributed by atoms with E-state index in [1.54, 1.807) is 4.90 Å². The SMILES string of the molecule is Cc1ccc2[nH]c(C(=O)NCC(=O)N3CCCC3)cc2c1. The van der Waals surface area contributed by atoms with Gasteiger partial charge in [0.2, 0.25) is 5.91 Å². The van der Waals surface area contributed by atoms with Crippen LogP contribution in [-0.4, -0.2) is 41.3 Å². The molecule has 3 rings (SSSR count). The largest absolute Gasteiger partial charge is 0.351 e. The van der Waals surface area contributed by atoms with Crippen LogP contribution in [0.3, 0.4) is 0 Å². The highest BCUT2D eigenvalue weighted by Gasteiger charge is 2.18. The molecule has 21 heavy (non-hydrogen) atoms. The van der Waals surface area contributed by atoms with Gasteiger partial charge in [0.25, 0.3) is 5.91 Å². The number of nitrogens with one attached hydrogen (secondary N) is 2. The third kappa shape index (κ3) is 2.91. The van der Waals surface area contributed by atoms with Gasteiger partial charge in [-0.3, -0.25) is 9.59 Å². The maximum atomic E-state index is 12.1. The van der Waals surface area contributed by atoms with E-state index in [9.17, 15) is 9.59 Å². The van der Waals surface area contributed by atoms with E-state index in [0.29, 0.717) is 5.69 Å². The average molecular weight is 285 g/mol. The fourth-order valence-electron chi connectivity index (χ4n) is 2.70. The summed E-state index contributed by atoms with van der Waals surface area (Å²) in [5.74, 6) is -0.246. The van der Waals surface area contributed by atoms with E-state index in [-0.39, 0.29) is 18.4 Å². The smallest absolute Gasteiger partial charge is 0.268 e. The minimum atomic E-state index is -0.239. The topological polar surface area (TPSA) is 65.2 Å². The number of aromatic nitrogens is 1. The first kappa shape index (κ1) is 13.7. The number of fused-ring (bicyclic) bond motifs is 1.